The molecule has 2 saturated heterocycles. The van der Waals surface area contributed by atoms with Crippen LogP contribution in [-0.4, -0.2) is 60.3 Å². The molecule has 6 heteroatoms. The molecular formula is C13H20N2O4. The number of nitrogens with zero attached hydrogens (tertiary/aromatic N) is 1. The first kappa shape index (κ1) is 12.9. The fraction of sp³-hybridized carbons (Fsp3) is 0.846. The highest BCUT2D eigenvalue weighted by Crippen LogP contribution is 2.42. The molecule has 2 heterocycles. The van der Waals surface area contributed by atoms with Crippen molar-refractivity contribution in [1.82, 2.24) is 10.2 Å². The number of likely N-dealkylation sites (tertiary alicyclic amines) is 1. The quantitative estimate of drug-likeness (QED) is 0.718. The van der Waals surface area contributed by atoms with Crippen LogP contribution in [0.1, 0.15) is 19.3 Å². The monoisotopic (exact) mass is 268 g/mol. The van der Waals surface area contributed by atoms with Crippen molar-refractivity contribution in [3.8, 4) is 0 Å². The number of aliphatic carboxylic acids is 1. The molecule has 1 saturated carbocycles. The van der Waals surface area contributed by atoms with Crippen LogP contribution in [0.3, 0.4) is 0 Å². The molecule has 106 valence electrons. The van der Waals surface area contributed by atoms with Crippen molar-refractivity contribution in [1.29, 1.82) is 0 Å². The van der Waals surface area contributed by atoms with E-state index in [1.807, 2.05) is 0 Å². The topological polar surface area (TPSA) is 78.9 Å². The molecule has 6 nitrogen and oxygen atoms in total. The van der Waals surface area contributed by atoms with Gasteiger partial charge in [0.25, 0.3) is 5.91 Å². The van der Waals surface area contributed by atoms with Crippen molar-refractivity contribution in [3.63, 3.8) is 0 Å². The predicted molar refractivity (Wildman–Crippen MR) is 66.6 cm³/mol. The van der Waals surface area contributed by atoms with Gasteiger partial charge in [-0.2, -0.15) is 0 Å². The lowest BCUT2D eigenvalue weighted by atomic mass is 9.94. The highest BCUT2D eigenvalue weighted by molar-refractivity contribution is 5.87. The van der Waals surface area contributed by atoms with Gasteiger partial charge in [0.1, 0.15) is 12.1 Å². The number of carbonyl (C=O) groups excluding carboxylic acids is 1. The van der Waals surface area contributed by atoms with E-state index in [9.17, 15) is 14.7 Å². The summed E-state index contributed by atoms with van der Waals surface area (Å²) < 4.78 is 5.46. The maximum atomic E-state index is 12.4. The van der Waals surface area contributed by atoms with Gasteiger partial charge >= 0.3 is 5.97 Å². The third-order valence-corrected chi connectivity index (χ3v) is 4.63. The predicted octanol–water partition coefficient (Wildman–Crippen LogP) is -0.313. The van der Waals surface area contributed by atoms with E-state index in [0.29, 0.717) is 25.6 Å². The van der Waals surface area contributed by atoms with Crippen molar-refractivity contribution >= 4 is 11.9 Å². The lowest BCUT2D eigenvalue weighted by Crippen LogP contribution is -2.53. The van der Waals surface area contributed by atoms with Crippen molar-refractivity contribution in [2.75, 3.05) is 26.2 Å². The molecule has 1 amide bonds. The minimum Gasteiger partial charge on any atom is -0.480 e. The third kappa shape index (κ3) is 2.23. The Morgan fingerprint density at radius 2 is 2.16 bits per heavy atom. The molecule has 3 rings (SSSR count). The molecule has 0 aromatic heterocycles. The van der Waals surface area contributed by atoms with Crippen molar-refractivity contribution in [2.24, 2.45) is 11.8 Å². The van der Waals surface area contributed by atoms with Gasteiger partial charge in [-0.25, -0.2) is 4.79 Å². The number of morpholine rings is 1. The number of fused-ring (bicyclic) bond motifs is 1. The first-order chi connectivity index (χ1) is 9.18. The second-order valence-electron chi connectivity index (χ2n) is 5.69. The number of carboxylic acids is 1. The SMILES string of the molecule is O=C(O)C1C2CCCC2CN1C(=O)C1CNCCO1. The van der Waals surface area contributed by atoms with E-state index < -0.39 is 18.1 Å². The van der Waals surface area contributed by atoms with Crippen LogP contribution >= 0.6 is 0 Å². The molecular weight excluding hydrogens is 248 g/mol. The Kier molecular flexibility index (Phi) is 3.45. The summed E-state index contributed by atoms with van der Waals surface area (Å²) in [6.45, 7) is 2.32. The molecule has 0 bridgehead atoms. The van der Waals surface area contributed by atoms with E-state index in [0.717, 1.165) is 25.8 Å². The molecule has 19 heavy (non-hydrogen) atoms. The molecule has 0 aromatic carbocycles. The van der Waals surface area contributed by atoms with Crippen LogP contribution in [0.2, 0.25) is 0 Å². The van der Waals surface area contributed by atoms with Gasteiger partial charge in [-0.1, -0.05) is 6.42 Å². The van der Waals surface area contributed by atoms with Crippen LogP contribution in [0.5, 0.6) is 0 Å². The number of hydrogen-bond donors (Lipinski definition) is 2. The van der Waals surface area contributed by atoms with E-state index in [1.54, 1.807) is 4.90 Å². The Morgan fingerprint density at radius 3 is 2.84 bits per heavy atom. The summed E-state index contributed by atoms with van der Waals surface area (Å²) in [5, 5.41) is 12.5. The van der Waals surface area contributed by atoms with Crippen LogP contribution < -0.4 is 5.32 Å². The maximum absolute atomic E-state index is 12.4. The fourth-order valence-electron chi connectivity index (χ4n) is 3.76. The van der Waals surface area contributed by atoms with Crippen LogP contribution in [0, 0.1) is 11.8 Å². The zero-order valence-electron chi connectivity index (χ0n) is 10.9. The van der Waals surface area contributed by atoms with E-state index in [2.05, 4.69) is 5.32 Å². The minimum atomic E-state index is -0.869. The highest BCUT2D eigenvalue weighted by Gasteiger charge is 2.50. The Balaban J connectivity index is 1.75. The summed E-state index contributed by atoms with van der Waals surface area (Å²) in [4.78, 5) is 25.5. The summed E-state index contributed by atoms with van der Waals surface area (Å²) in [7, 11) is 0. The number of ether oxygens (including phenoxy) is 1. The van der Waals surface area contributed by atoms with Gasteiger partial charge in [-0.15, -0.1) is 0 Å². The average Bonchev–Trinajstić information content (AvgIpc) is 2.98. The van der Waals surface area contributed by atoms with Crippen LogP contribution in [0.25, 0.3) is 0 Å². The van der Waals surface area contributed by atoms with Gasteiger partial charge < -0.3 is 20.1 Å². The number of hydrogen-bond acceptors (Lipinski definition) is 4. The van der Waals surface area contributed by atoms with Gasteiger partial charge in [0.05, 0.1) is 6.61 Å². The molecule has 0 spiro atoms. The number of amides is 1. The summed E-state index contributed by atoms with van der Waals surface area (Å²) in [6, 6.07) is -0.648. The largest absolute Gasteiger partial charge is 0.480 e. The first-order valence-corrected chi connectivity index (χ1v) is 7.04. The second-order valence-corrected chi connectivity index (χ2v) is 5.69. The molecule has 0 radical (unpaired) electrons. The molecule has 0 aromatic rings. The standard InChI is InChI=1S/C13H20N2O4/c16-12(10-6-14-4-5-19-10)15-7-8-2-1-3-9(8)11(15)13(17)18/h8-11,14H,1-7H2,(H,17,18). The Morgan fingerprint density at radius 1 is 1.32 bits per heavy atom. The number of nitrogens with one attached hydrogen (secondary N) is 1. The molecule has 3 aliphatic rings. The Bertz CT molecular complexity index is 381. The van der Waals surface area contributed by atoms with Crippen LogP contribution in [0.4, 0.5) is 0 Å². The van der Waals surface area contributed by atoms with Gasteiger partial charge in [-0.3, -0.25) is 4.79 Å². The molecule has 4 unspecified atom stereocenters. The lowest BCUT2D eigenvalue weighted by molar-refractivity contribution is -0.156. The molecule has 4 atom stereocenters. The van der Waals surface area contributed by atoms with Gasteiger partial charge in [0.15, 0.2) is 0 Å². The smallest absolute Gasteiger partial charge is 0.326 e. The van der Waals surface area contributed by atoms with E-state index >= 15 is 0 Å². The van der Waals surface area contributed by atoms with Gasteiger partial charge in [0.2, 0.25) is 0 Å². The molecule has 2 aliphatic heterocycles. The molecule has 3 fully saturated rings. The number of carbonyl (C=O) groups is 2. The number of carboxylic acid groups (broad SMARTS) is 1. The van der Waals surface area contributed by atoms with E-state index in [-0.39, 0.29) is 11.8 Å². The van der Waals surface area contributed by atoms with Gasteiger partial charge in [0, 0.05) is 19.6 Å². The summed E-state index contributed by atoms with van der Waals surface area (Å²) >= 11 is 0. The van der Waals surface area contributed by atoms with Crippen LogP contribution in [0.15, 0.2) is 0 Å². The summed E-state index contributed by atoms with van der Waals surface area (Å²) in [6.07, 6.45) is 2.54. The van der Waals surface area contributed by atoms with Crippen LogP contribution in [-0.2, 0) is 14.3 Å². The molecule has 1 aliphatic carbocycles. The van der Waals surface area contributed by atoms with E-state index in [1.165, 1.54) is 0 Å². The third-order valence-electron chi connectivity index (χ3n) is 4.63. The maximum Gasteiger partial charge on any atom is 0.326 e. The van der Waals surface area contributed by atoms with Crippen molar-refractivity contribution in [3.05, 3.63) is 0 Å². The van der Waals surface area contributed by atoms with Crippen molar-refractivity contribution in [2.45, 2.75) is 31.4 Å². The second kappa shape index (κ2) is 5.09. The highest BCUT2D eigenvalue weighted by atomic mass is 16.5. The van der Waals surface area contributed by atoms with E-state index in [4.69, 9.17) is 4.74 Å². The average molecular weight is 268 g/mol. The number of rotatable bonds is 2. The summed E-state index contributed by atoms with van der Waals surface area (Å²) in [5.41, 5.74) is 0. The fourth-order valence-corrected chi connectivity index (χ4v) is 3.76. The Labute approximate surface area is 112 Å². The minimum absolute atomic E-state index is 0.137. The van der Waals surface area contributed by atoms with Gasteiger partial charge in [-0.05, 0) is 24.7 Å². The van der Waals surface area contributed by atoms with Crippen molar-refractivity contribution < 1.29 is 19.4 Å². The Hall–Kier alpha value is -1.14. The molecule has 2 N–H and O–H groups in total. The summed E-state index contributed by atoms with van der Waals surface area (Å²) in [5.74, 6) is -0.528. The zero-order valence-corrected chi connectivity index (χ0v) is 10.9. The zero-order chi connectivity index (χ0) is 13.4. The lowest BCUT2D eigenvalue weighted by Gasteiger charge is -2.30. The normalized spacial score (nSPS) is 38.2. The first-order valence-electron chi connectivity index (χ1n) is 7.04.